The summed E-state index contributed by atoms with van der Waals surface area (Å²) >= 11 is 1.61. The van der Waals surface area contributed by atoms with Crippen molar-refractivity contribution in [3.8, 4) is 0 Å². The fourth-order valence-electron chi connectivity index (χ4n) is 3.80. The largest absolute Gasteiger partial charge is 0.371 e. The van der Waals surface area contributed by atoms with Crippen LogP contribution in [-0.2, 0) is 25.6 Å². The van der Waals surface area contributed by atoms with E-state index in [0.29, 0.717) is 6.61 Å². The zero-order valence-corrected chi connectivity index (χ0v) is 17.6. The van der Waals surface area contributed by atoms with Gasteiger partial charge in [-0.2, -0.15) is 0 Å². The summed E-state index contributed by atoms with van der Waals surface area (Å²) in [6.07, 6.45) is -0.941. The van der Waals surface area contributed by atoms with Crippen molar-refractivity contribution in [2.45, 2.75) is 69.1 Å². The molecule has 6 nitrogen and oxygen atoms in total. The molecule has 0 unspecified atom stereocenters. The molecular formula is C20H27FN2O4S. The van der Waals surface area contributed by atoms with E-state index in [4.69, 9.17) is 23.9 Å². The van der Waals surface area contributed by atoms with Gasteiger partial charge in [0.15, 0.2) is 11.0 Å². The third-order valence-electron chi connectivity index (χ3n) is 5.15. The highest BCUT2D eigenvalue weighted by atomic mass is 32.2. The van der Waals surface area contributed by atoms with Gasteiger partial charge in [0.2, 0.25) is 0 Å². The Morgan fingerprint density at radius 3 is 2.57 bits per heavy atom. The number of hydrogen-bond donors (Lipinski definition) is 0. The van der Waals surface area contributed by atoms with Gasteiger partial charge in [-0.3, -0.25) is 4.99 Å². The minimum Gasteiger partial charge on any atom is -0.371 e. The monoisotopic (exact) mass is 409 g/mol. The van der Waals surface area contributed by atoms with Crippen LogP contribution in [0.4, 0.5) is 4.39 Å². The molecule has 8 heteroatoms. The first-order valence-corrected chi connectivity index (χ1v) is 10.4. The topological polar surface area (TPSA) is 52.5 Å². The molecular weight excluding hydrogens is 382 g/mol. The van der Waals surface area contributed by atoms with Crippen molar-refractivity contribution in [2.75, 3.05) is 14.1 Å². The predicted molar refractivity (Wildman–Crippen MR) is 106 cm³/mol. The Hall–Kier alpha value is -1.19. The first-order valence-electron chi connectivity index (χ1n) is 9.52. The van der Waals surface area contributed by atoms with E-state index in [1.165, 1.54) is 12.1 Å². The standard InChI is InChI=1S/C20H27FN2O4S/c1-11(24-10-12-6-8-13(21)9-7-12)15-17-16(26-20(2,3)27-17)14-18(25-15)28-19(22-14)23(4)5/h6-9,11,14-18H,10H2,1-5H3/t11-,14+,15+,16+,17+,18+/m0/s1/i4-1. The quantitative estimate of drug-likeness (QED) is 0.762. The van der Waals surface area contributed by atoms with Gasteiger partial charge in [-0.05, 0) is 38.5 Å². The maximum atomic E-state index is 13.1. The van der Waals surface area contributed by atoms with Gasteiger partial charge in [0.1, 0.15) is 35.6 Å². The van der Waals surface area contributed by atoms with Crippen molar-refractivity contribution >= 4 is 16.9 Å². The third kappa shape index (κ3) is 3.93. The molecule has 6 atom stereocenters. The SMILES string of the molecule is C[C@H](OCc1ccc(F)cc1)[C@H]1O[C@@H]2SC(N(C)[11CH3])=N[C@@H]2[C@H]2OC(C)(C)O[C@@H]21. The molecule has 0 amide bonds. The molecule has 0 radical (unpaired) electrons. The van der Waals surface area contributed by atoms with E-state index >= 15 is 0 Å². The fraction of sp³-hybridized carbons (Fsp3) is 0.650. The number of amidine groups is 1. The van der Waals surface area contributed by atoms with Crippen molar-refractivity contribution in [3.05, 3.63) is 35.6 Å². The third-order valence-corrected chi connectivity index (χ3v) is 6.45. The predicted octanol–water partition coefficient (Wildman–Crippen LogP) is 3.01. The number of rotatable bonds is 4. The summed E-state index contributed by atoms with van der Waals surface area (Å²) in [5.74, 6) is -0.946. The molecule has 3 aliphatic heterocycles. The van der Waals surface area contributed by atoms with Gasteiger partial charge in [-0.25, -0.2) is 4.39 Å². The molecule has 28 heavy (non-hydrogen) atoms. The highest BCUT2D eigenvalue weighted by Gasteiger charge is 2.58. The Bertz CT molecular complexity index is 742. The molecule has 154 valence electrons. The second kappa shape index (κ2) is 7.57. The second-order valence-electron chi connectivity index (χ2n) is 8.09. The van der Waals surface area contributed by atoms with Gasteiger partial charge in [0.05, 0.1) is 12.7 Å². The average molecular weight is 410 g/mol. The molecule has 0 N–H and O–H groups in total. The Balaban J connectivity index is 1.48. The number of halogens is 1. The molecule has 2 saturated heterocycles. The minimum atomic E-state index is -0.691. The van der Waals surface area contributed by atoms with E-state index in [2.05, 4.69) is 0 Å². The van der Waals surface area contributed by atoms with E-state index in [1.807, 2.05) is 39.8 Å². The van der Waals surface area contributed by atoms with Crippen LogP contribution in [0.5, 0.6) is 0 Å². The number of fused-ring (bicyclic) bond motifs is 3. The minimum absolute atomic E-state index is 0.102. The van der Waals surface area contributed by atoms with Crippen molar-refractivity contribution in [2.24, 2.45) is 4.99 Å². The van der Waals surface area contributed by atoms with Crippen molar-refractivity contribution < 1.29 is 23.3 Å². The Morgan fingerprint density at radius 1 is 1.21 bits per heavy atom. The van der Waals surface area contributed by atoms with Crippen LogP contribution in [0.2, 0.25) is 0 Å². The molecule has 4 rings (SSSR count). The zero-order valence-electron chi connectivity index (χ0n) is 16.8. The lowest BCUT2D eigenvalue weighted by molar-refractivity contribution is -0.178. The lowest BCUT2D eigenvalue weighted by atomic mass is 9.95. The molecule has 1 aromatic rings. The van der Waals surface area contributed by atoms with Gasteiger partial charge in [0, 0.05) is 14.1 Å². The fourth-order valence-corrected chi connectivity index (χ4v) is 4.94. The van der Waals surface area contributed by atoms with E-state index in [-0.39, 0.29) is 41.7 Å². The molecule has 3 heterocycles. The summed E-state index contributed by atoms with van der Waals surface area (Å²) in [6.45, 7) is 6.19. The summed E-state index contributed by atoms with van der Waals surface area (Å²) in [4.78, 5) is 6.80. The number of nitrogens with zero attached hydrogens (tertiary/aromatic N) is 2. The van der Waals surface area contributed by atoms with Crippen molar-refractivity contribution in [1.29, 1.82) is 0 Å². The zero-order chi connectivity index (χ0) is 20.1. The lowest BCUT2D eigenvalue weighted by Crippen LogP contribution is -2.56. The number of thioether (sulfide) groups is 1. The Morgan fingerprint density at radius 2 is 1.89 bits per heavy atom. The van der Waals surface area contributed by atoms with Crippen LogP contribution in [0.15, 0.2) is 29.3 Å². The highest BCUT2D eigenvalue weighted by Crippen LogP contribution is 2.45. The Labute approximate surface area is 169 Å². The molecule has 2 fully saturated rings. The molecule has 1 aromatic carbocycles. The summed E-state index contributed by atoms with van der Waals surface area (Å²) in [5, 5.41) is 0.933. The molecule has 0 bridgehead atoms. The van der Waals surface area contributed by atoms with Gasteiger partial charge in [-0.1, -0.05) is 23.9 Å². The Kier molecular flexibility index (Phi) is 5.43. The van der Waals surface area contributed by atoms with Crippen molar-refractivity contribution in [1.82, 2.24) is 4.90 Å². The molecule has 0 aliphatic carbocycles. The first kappa shape index (κ1) is 20.1. The lowest BCUT2D eigenvalue weighted by Gasteiger charge is -2.40. The van der Waals surface area contributed by atoms with Gasteiger partial charge in [0.25, 0.3) is 0 Å². The van der Waals surface area contributed by atoms with Crippen LogP contribution >= 0.6 is 11.8 Å². The van der Waals surface area contributed by atoms with E-state index < -0.39 is 5.79 Å². The number of benzene rings is 1. The van der Waals surface area contributed by atoms with Crippen LogP contribution in [0.1, 0.15) is 26.3 Å². The second-order valence-corrected chi connectivity index (χ2v) is 9.16. The first-order chi connectivity index (χ1) is 13.2. The number of ether oxygens (including phenoxy) is 4. The van der Waals surface area contributed by atoms with E-state index in [0.717, 1.165) is 10.7 Å². The molecule has 0 spiro atoms. The van der Waals surface area contributed by atoms with Crippen molar-refractivity contribution in [3.63, 3.8) is 0 Å². The van der Waals surface area contributed by atoms with E-state index in [1.54, 1.807) is 23.9 Å². The number of hydrogen-bond acceptors (Lipinski definition) is 7. The summed E-state index contributed by atoms with van der Waals surface area (Å²) in [5.41, 5.74) is 0.786. The summed E-state index contributed by atoms with van der Waals surface area (Å²) in [7, 11) is 3.95. The molecule has 3 aliphatic rings. The molecule has 0 saturated carbocycles. The maximum absolute atomic E-state index is 13.1. The molecule has 0 aromatic heterocycles. The van der Waals surface area contributed by atoms with Crippen LogP contribution in [0, 0.1) is 5.82 Å². The normalized spacial score (nSPS) is 34.5. The van der Waals surface area contributed by atoms with Gasteiger partial charge in [-0.15, -0.1) is 0 Å². The summed E-state index contributed by atoms with van der Waals surface area (Å²) in [6, 6.07) is 6.23. The highest BCUT2D eigenvalue weighted by molar-refractivity contribution is 8.14. The number of aliphatic imine (C=N–C) groups is 1. The van der Waals surface area contributed by atoms with Crippen LogP contribution in [0.25, 0.3) is 0 Å². The summed E-state index contributed by atoms with van der Waals surface area (Å²) < 4.78 is 38.0. The van der Waals surface area contributed by atoms with Crippen LogP contribution in [-0.4, -0.2) is 65.8 Å². The van der Waals surface area contributed by atoms with E-state index in [9.17, 15) is 4.39 Å². The smallest absolute Gasteiger partial charge is 0.164 e. The maximum Gasteiger partial charge on any atom is 0.164 e. The van der Waals surface area contributed by atoms with Gasteiger partial charge < -0.3 is 23.8 Å². The van der Waals surface area contributed by atoms with Crippen LogP contribution < -0.4 is 0 Å². The van der Waals surface area contributed by atoms with Crippen LogP contribution in [0.3, 0.4) is 0 Å². The average Bonchev–Trinajstić information content (AvgIpc) is 3.20. The van der Waals surface area contributed by atoms with Gasteiger partial charge >= 0.3 is 0 Å².